The minimum absolute atomic E-state index is 0.0559. The number of hydrogen-bond acceptors (Lipinski definition) is 4. The van der Waals surface area contributed by atoms with Gasteiger partial charge in [-0.1, -0.05) is 6.92 Å². The maximum atomic E-state index is 11.8. The van der Waals surface area contributed by atoms with Gasteiger partial charge in [-0.05, 0) is 18.6 Å². The third-order valence-corrected chi connectivity index (χ3v) is 2.92. The van der Waals surface area contributed by atoms with Gasteiger partial charge in [0.2, 0.25) is 0 Å². The average Bonchev–Trinajstić information content (AvgIpc) is 2.78. The van der Waals surface area contributed by atoms with Crippen LogP contribution in [0.1, 0.15) is 23.0 Å². The number of amides is 1. The molecule has 0 saturated heterocycles. The van der Waals surface area contributed by atoms with E-state index >= 15 is 0 Å². The van der Waals surface area contributed by atoms with Crippen LogP contribution in [-0.4, -0.2) is 39.7 Å². The monoisotopic (exact) mass is 273 g/mol. The predicted octanol–water partition coefficient (Wildman–Crippen LogP) is 1.82. The second-order valence-electron chi connectivity index (χ2n) is 4.77. The van der Waals surface area contributed by atoms with Gasteiger partial charge < -0.3 is 10.2 Å². The molecule has 0 aliphatic heterocycles. The van der Waals surface area contributed by atoms with E-state index in [-0.39, 0.29) is 5.91 Å². The molecule has 1 N–H and O–H groups in total. The second kappa shape index (κ2) is 5.73. The molecule has 106 valence electrons. The lowest BCUT2D eigenvalue weighted by Crippen LogP contribution is -2.21. The summed E-state index contributed by atoms with van der Waals surface area (Å²) in [6.45, 7) is 2.06. The number of aromatic nitrogens is 3. The van der Waals surface area contributed by atoms with Crippen molar-refractivity contribution in [2.45, 2.75) is 13.3 Å². The molecule has 2 aromatic rings. The van der Waals surface area contributed by atoms with E-state index in [0.717, 1.165) is 17.8 Å². The van der Waals surface area contributed by atoms with Crippen molar-refractivity contribution < 1.29 is 4.79 Å². The van der Waals surface area contributed by atoms with Gasteiger partial charge in [-0.2, -0.15) is 5.10 Å². The Morgan fingerprint density at radius 2 is 2.15 bits per heavy atom. The first-order valence-electron chi connectivity index (χ1n) is 6.48. The Labute approximate surface area is 118 Å². The van der Waals surface area contributed by atoms with E-state index < -0.39 is 0 Å². The number of carbonyl (C=O) groups excluding carboxylic acids is 1. The molecule has 0 fully saturated rings. The maximum Gasteiger partial charge on any atom is 0.254 e. The van der Waals surface area contributed by atoms with Crippen molar-refractivity contribution in [2.75, 3.05) is 19.4 Å². The van der Waals surface area contributed by atoms with E-state index in [9.17, 15) is 4.79 Å². The average molecular weight is 273 g/mol. The molecule has 0 spiro atoms. The van der Waals surface area contributed by atoms with E-state index in [1.807, 2.05) is 13.2 Å². The lowest BCUT2D eigenvalue weighted by Gasteiger charge is -2.10. The number of pyridine rings is 1. The molecule has 0 aliphatic rings. The zero-order chi connectivity index (χ0) is 14.7. The summed E-state index contributed by atoms with van der Waals surface area (Å²) in [5, 5.41) is 7.58. The molecule has 0 aliphatic carbocycles. The summed E-state index contributed by atoms with van der Waals surface area (Å²) in [6, 6.07) is 3.56. The number of nitrogens with zero attached hydrogens (tertiary/aromatic N) is 4. The largest absolute Gasteiger partial charge is 0.345 e. The van der Waals surface area contributed by atoms with Crippen molar-refractivity contribution >= 4 is 17.4 Å². The second-order valence-corrected chi connectivity index (χ2v) is 4.77. The number of anilines is 2. The summed E-state index contributed by atoms with van der Waals surface area (Å²) in [5.74, 6) is 0.641. The summed E-state index contributed by atoms with van der Waals surface area (Å²) in [7, 11) is 5.33. The minimum atomic E-state index is -0.0559. The topological polar surface area (TPSA) is 63.1 Å². The molecule has 1 amide bonds. The molecule has 0 saturated carbocycles. The van der Waals surface area contributed by atoms with Gasteiger partial charge in [0, 0.05) is 33.5 Å². The molecule has 6 nitrogen and oxygen atoms in total. The first-order chi connectivity index (χ1) is 9.51. The van der Waals surface area contributed by atoms with Crippen LogP contribution in [0.25, 0.3) is 0 Å². The Morgan fingerprint density at radius 1 is 1.40 bits per heavy atom. The standard InChI is InChI=1S/C14H19N5O/c1-5-11-12(9-19(4)17-11)16-13-7-6-10(8-15-13)14(20)18(2)3/h6-9H,5H2,1-4H3,(H,15,16). The van der Waals surface area contributed by atoms with Gasteiger partial charge in [-0.15, -0.1) is 0 Å². The first-order valence-corrected chi connectivity index (χ1v) is 6.48. The molecular weight excluding hydrogens is 254 g/mol. The van der Waals surface area contributed by atoms with Gasteiger partial charge in [0.25, 0.3) is 5.91 Å². The van der Waals surface area contributed by atoms with Gasteiger partial charge in [0.1, 0.15) is 5.82 Å². The zero-order valence-corrected chi connectivity index (χ0v) is 12.2. The minimum Gasteiger partial charge on any atom is -0.345 e. The summed E-state index contributed by atoms with van der Waals surface area (Å²) in [6.07, 6.45) is 4.34. The summed E-state index contributed by atoms with van der Waals surface area (Å²) in [5.41, 5.74) is 2.50. The van der Waals surface area contributed by atoms with Crippen LogP contribution in [0.4, 0.5) is 11.5 Å². The lowest BCUT2D eigenvalue weighted by atomic mass is 10.2. The van der Waals surface area contributed by atoms with Crippen molar-refractivity contribution in [1.29, 1.82) is 0 Å². The Balaban J connectivity index is 2.16. The third kappa shape index (κ3) is 2.96. The van der Waals surface area contributed by atoms with Crippen LogP contribution in [0.3, 0.4) is 0 Å². The Kier molecular flexibility index (Phi) is 4.02. The predicted molar refractivity (Wildman–Crippen MR) is 78.1 cm³/mol. The highest BCUT2D eigenvalue weighted by atomic mass is 16.2. The van der Waals surface area contributed by atoms with Crippen molar-refractivity contribution in [3.8, 4) is 0 Å². The van der Waals surface area contributed by atoms with E-state index in [2.05, 4.69) is 22.3 Å². The molecule has 0 aromatic carbocycles. The zero-order valence-electron chi connectivity index (χ0n) is 12.2. The van der Waals surface area contributed by atoms with Crippen molar-refractivity contribution in [1.82, 2.24) is 19.7 Å². The number of carbonyl (C=O) groups is 1. The fraction of sp³-hybridized carbons (Fsp3) is 0.357. The van der Waals surface area contributed by atoms with Gasteiger partial charge in [-0.25, -0.2) is 4.98 Å². The first kappa shape index (κ1) is 14.0. The van der Waals surface area contributed by atoms with Gasteiger partial charge >= 0.3 is 0 Å². The van der Waals surface area contributed by atoms with Crippen molar-refractivity contribution in [2.24, 2.45) is 7.05 Å². The number of nitrogens with one attached hydrogen (secondary N) is 1. The summed E-state index contributed by atoms with van der Waals surface area (Å²) >= 11 is 0. The highest BCUT2D eigenvalue weighted by Gasteiger charge is 2.10. The Bertz CT molecular complexity index is 601. The summed E-state index contributed by atoms with van der Waals surface area (Å²) < 4.78 is 1.77. The van der Waals surface area contributed by atoms with Crippen LogP contribution in [0.2, 0.25) is 0 Å². The molecule has 0 unspecified atom stereocenters. The van der Waals surface area contributed by atoms with Crippen LogP contribution in [0, 0.1) is 0 Å². The number of hydrogen-bond donors (Lipinski definition) is 1. The number of rotatable bonds is 4. The molecule has 0 radical (unpaired) electrons. The molecule has 20 heavy (non-hydrogen) atoms. The smallest absolute Gasteiger partial charge is 0.254 e. The van der Waals surface area contributed by atoms with Crippen LogP contribution in [-0.2, 0) is 13.5 Å². The normalized spacial score (nSPS) is 10.4. The van der Waals surface area contributed by atoms with E-state index in [1.165, 1.54) is 4.90 Å². The molecule has 2 rings (SSSR count). The molecular formula is C14H19N5O. The van der Waals surface area contributed by atoms with E-state index in [4.69, 9.17) is 0 Å². The van der Waals surface area contributed by atoms with E-state index in [1.54, 1.807) is 37.1 Å². The highest BCUT2D eigenvalue weighted by Crippen LogP contribution is 2.19. The quantitative estimate of drug-likeness (QED) is 0.923. The molecule has 2 aromatic heterocycles. The van der Waals surface area contributed by atoms with Gasteiger partial charge in [0.15, 0.2) is 0 Å². The lowest BCUT2D eigenvalue weighted by molar-refractivity contribution is 0.0827. The Morgan fingerprint density at radius 3 is 2.70 bits per heavy atom. The van der Waals surface area contributed by atoms with Crippen LogP contribution in [0.15, 0.2) is 24.5 Å². The molecule has 2 heterocycles. The van der Waals surface area contributed by atoms with Crippen molar-refractivity contribution in [3.63, 3.8) is 0 Å². The SMILES string of the molecule is CCc1nn(C)cc1Nc1ccc(C(=O)N(C)C)cn1. The van der Waals surface area contributed by atoms with E-state index in [0.29, 0.717) is 11.4 Å². The summed E-state index contributed by atoms with van der Waals surface area (Å²) in [4.78, 5) is 17.6. The Hall–Kier alpha value is -2.37. The van der Waals surface area contributed by atoms with Gasteiger partial charge in [0.05, 0.1) is 16.9 Å². The fourth-order valence-electron chi connectivity index (χ4n) is 1.89. The number of aryl methyl sites for hydroxylation is 2. The molecule has 6 heteroatoms. The third-order valence-electron chi connectivity index (χ3n) is 2.92. The van der Waals surface area contributed by atoms with Crippen LogP contribution in [0.5, 0.6) is 0 Å². The van der Waals surface area contributed by atoms with Crippen LogP contribution < -0.4 is 5.32 Å². The maximum absolute atomic E-state index is 11.8. The molecule has 0 bridgehead atoms. The van der Waals surface area contributed by atoms with Crippen molar-refractivity contribution in [3.05, 3.63) is 35.8 Å². The van der Waals surface area contributed by atoms with Gasteiger partial charge in [-0.3, -0.25) is 9.48 Å². The highest BCUT2D eigenvalue weighted by molar-refractivity contribution is 5.93. The fourth-order valence-corrected chi connectivity index (χ4v) is 1.89. The van der Waals surface area contributed by atoms with Crippen LogP contribution >= 0.6 is 0 Å². The molecule has 0 atom stereocenters.